The van der Waals surface area contributed by atoms with Crippen LogP contribution in [-0.2, 0) is 9.84 Å². The fourth-order valence-corrected chi connectivity index (χ4v) is 5.54. The van der Waals surface area contributed by atoms with Crippen molar-refractivity contribution in [3.63, 3.8) is 0 Å². The quantitative estimate of drug-likeness (QED) is 0.624. The number of halogens is 2. The molecule has 2 amide bonds. The Kier molecular flexibility index (Phi) is 5.39. The third kappa shape index (κ3) is 4.22. The number of carbonyl (C=O) groups is 1. The Morgan fingerprint density at radius 2 is 1.88 bits per heavy atom. The molecule has 2 aliphatic heterocycles. The minimum absolute atomic E-state index is 0.0665. The Morgan fingerprint density at radius 1 is 1.09 bits per heavy atom. The number of nitrogens with zero attached hydrogens (tertiary/aromatic N) is 5. The predicted molar refractivity (Wildman–Crippen MR) is 118 cm³/mol. The van der Waals surface area contributed by atoms with Gasteiger partial charge in [-0.2, -0.15) is 4.52 Å². The van der Waals surface area contributed by atoms with E-state index in [-0.39, 0.29) is 36.2 Å². The van der Waals surface area contributed by atoms with Gasteiger partial charge in [-0.1, -0.05) is 0 Å². The Bertz CT molecular complexity index is 1310. The second kappa shape index (κ2) is 8.25. The van der Waals surface area contributed by atoms with E-state index in [0.29, 0.717) is 30.2 Å². The first kappa shape index (κ1) is 21.6. The lowest BCUT2D eigenvalue weighted by Gasteiger charge is -2.27. The summed E-state index contributed by atoms with van der Waals surface area (Å²) in [6.07, 6.45) is 2.93. The van der Waals surface area contributed by atoms with Crippen molar-refractivity contribution in [2.45, 2.75) is 18.9 Å². The van der Waals surface area contributed by atoms with Crippen LogP contribution in [0, 0.1) is 11.6 Å². The number of amides is 2. The molecule has 174 valence electrons. The van der Waals surface area contributed by atoms with Crippen LogP contribution < -0.4 is 10.2 Å². The first-order chi connectivity index (χ1) is 15.8. The number of carbonyl (C=O) groups excluding carboxylic acids is 1. The largest absolute Gasteiger partial charge is 0.348 e. The third-order valence-corrected chi connectivity index (χ3v) is 7.69. The summed E-state index contributed by atoms with van der Waals surface area (Å²) in [5.74, 6) is -0.212. The van der Waals surface area contributed by atoms with E-state index in [1.54, 1.807) is 12.1 Å². The van der Waals surface area contributed by atoms with Gasteiger partial charge in [-0.15, -0.1) is 5.10 Å². The molecule has 4 heterocycles. The maximum atomic E-state index is 14.4. The van der Waals surface area contributed by atoms with Crippen molar-refractivity contribution in [2.75, 3.05) is 41.4 Å². The van der Waals surface area contributed by atoms with Crippen molar-refractivity contribution in [2.24, 2.45) is 0 Å². The number of aromatic nitrogens is 3. The molecule has 2 aliphatic rings. The average molecular weight is 477 g/mol. The van der Waals surface area contributed by atoms with Crippen LogP contribution in [0.15, 0.2) is 36.5 Å². The average Bonchev–Trinajstić information content (AvgIpc) is 3.42. The summed E-state index contributed by atoms with van der Waals surface area (Å²) in [6.45, 7) is 0.869. The van der Waals surface area contributed by atoms with E-state index in [4.69, 9.17) is 0 Å². The molecule has 2 saturated heterocycles. The molecule has 2 fully saturated rings. The molecule has 1 aromatic carbocycles. The van der Waals surface area contributed by atoms with Crippen molar-refractivity contribution < 1.29 is 22.0 Å². The van der Waals surface area contributed by atoms with Gasteiger partial charge in [0.1, 0.15) is 17.5 Å². The molecule has 1 N–H and O–H groups in total. The lowest BCUT2D eigenvalue weighted by atomic mass is 10.0. The standard InChI is InChI=1S/C21H22F2N6O3S/c22-14-3-4-16(23)15(12-14)17-2-1-7-28(17)19-6-5-18-24-13-20(29(18)26-19)25-21(30)27-8-10-33(31,32)11-9-27/h3-6,12-13,17H,1-2,7-11H2,(H,25,30)/t17-/m0/s1. The van der Waals surface area contributed by atoms with Gasteiger partial charge in [0.15, 0.2) is 21.3 Å². The molecule has 1 atom stereocenters. The number of hydrogen-bond donors (Lipinski definition) is 1. The summed E-state index contributed by atoms with van der Waals surface area (Å²) >= 11 is 0. The maximum Gasteiger partial charge on any atom is 0.323 e. The number of rotatable bonds is 3. The van der Waals surface area contributed by atoms with Crippen LogP contribution in [0.4, 0.5) is 25.2 Å². The molecule has 12 heteroatoms. The second-order valence-electron chi connectivity index (χ2n) is 8.19. The summed E-state index contributed by atoms with van der Waals surface area (Å²) in [7, 11) is -3.10. The zero-order valence-corrected chi connectivity index (χ0v) is 18.4. The van der Waals surface area contributed by atoms with Crippen molar-refractivity contribution in [1.29, 1.82) is 0 Å². The van der Waals surface area contributed by atoms with Crippen molar-refractivity contribution in [3.05, 3.63) is 53.7 Å². The van der Waals surface area contributed by atoms with Gasteiger partial charge >= 0.3 is 6.03 Å². The number of benzene rings is 1. The van der Waals surface area contributed by atoms with E-state index in [2.05, 4.69) is 15.4 Å². The molecule has 0 bridgehead atoms. The molecule has 0 aliphatic carbocycles. The van der Waals surface area contributed by atoms with Gasteiger partial charge in [-0.25, -0.2) is 27.0 Å². The lowest BCUT2D eigenvalue weighted by Crippen LogP contribution is -2.45. The Labute approximate surface area is 188 Å². The monoisotopic (exact) mass is 476 g/mol. The summed E-state index contributed by atoms with van der Waals surface area (Å²) in [6, 6.07) is 6.16. The number of fused-ring (bicyclic) bond motifs is 1. The van der Waals surface area contributed by atoms with E-state index in [1.807, 2.05) is 4.90 Å². The molecule has 0 unspecified atom stereocenters. The van der Waals surface area contributed by atoms with Crippen LogP contribution in [0.5, 0.6) is 0 Å². The lowest BCUT2D eigenvalue weighted by molar-refractivity contribution is 0.216. The molecule has 3 aromatic rings. The first-order valence-electron chi connectivity index (χ1n) is 10.6. The molecule has 9 nitrogen and oxygen atoms in total. The summed E-state index contributed by atoms with van der Waals surface area (Å²) in [5, 5.41) is 7.34. The molecular formula is C21H22F2N6O3S. The molecule has 5 rings (SSSR count). The maximum absolute atomic E-state index is 14.4. The van der Waals surface area contributed by atoms with Crippen LogP contribution in [0.3, 0.4) is 0 Å². The fourth-order valence-electron chi connectivity index (χ4n) is 4.34. The minimum atomic E-state index is -3.10. The van der Waals surface area contributed by atoms with Crippen LogP contribution in [0.25, 0.3) is 5.65 Å². The number of hydrogen-bond acceptors (Lipinski definition) is 6. The number of anilines is 2. The van der Waals surface area contributed by atoms with Crippen molar-refractivity contribution in [3.8, 4) is 0 Å². The Balaban J connectivity index is 1.40. The van der Waals surface area contributed by atoms with Crippen molar-refractivity contribution >= 4 is 33.2 Å². The van der Waals surface area contributed by atoms with E-state index < -0.39 is 27.5 Å². The van der Waals surface area contributed by atoms with Gasteiger partial charge in [-0.05, 0) is 43.2 Å². The van der Waals surface area contributed by atoms with Gasteiger partial charge < -0.3 is 9.80 Å². The van der Waals surface area contributed by atoms with Gasteiger partial charge in [-0.3, -0.25) is 5.32 Å². The van der Waals surface area contributed by atoms with Gasteiger partial charge in [0, 0.05) is 25.2 Å². The smallest absolute Gasteiger partial charge is 0.323 e. The number of sulfone groups is 1. The molecule has 0 spiro atoms. The fraction of sp³-hybridized carbons (Fsp3) is 0.381. The second-order valence-corrected chi connectivity index (χ2v) is 10.5. The van der Waals surface area contributed by atoms with Crippen LogP contribution >= 0.6 is 0 Å². The summed E-state index contributed by atoms with van der Waals surface area (Å²) < 4.78 is 52.9. The van der Waals surface area contributed by atoms with E-state index >= 15 is 0 Å². The Hall–Kier alpha value is -3.28. The number of urea groups is 1. The molecule has 2 aromatic heterocycles. The van der Waals surface area contributed by atoms with E-state index in [1.165, 1.54) is 21.7 Å². The molecular weight excluding hydrogens is 454 g/mol. The predicted octanol–water partition coefficient (Wildman–Crippen LogP) is 2.61. The third-order valence-electron chi connectivity index (χ3n) is 6.08. The zero-order chi connectivity index (χ0) is 23.2. The topological polar surface area (TPSA) is 99.9 Å². The van der Waals surface area contributed by atoms with E-state index in [9.17, 15) is 22.0 Å². The SMILES string of the molecule is O=C(Nc1cnc2ccc(N3CCC[C@H]3c3cc(F)ccc3F)nn12)N1CCS(=O)(=O)CC1. The van der Waals surface area contributed by atoms with Crippen LogP contribution in [0.2, 0.25) is 0 Å². The highest BCUT2D eigenvalue weighted by Gasteiger charge is 2.30. The summed E-state index contributed by atoms with van der Waals surface area (Å²) in [5.41, 5.74) is 0.788. The van der Waals surface area contributed by atoms with Gasteiger partial charge in [0.2, 0.25) is 0 Å². The van der Waals surface area contributed by atoms with Crippen molar-refractivity contribution in [1.82, 2.24) is 19.5 Å². The Morgan fingerprint density at radius 3 is 2.67 bits per heavy atom. The summed E-state index contributed by atoms with van der Waals surface area (Å²) in [4.78, 5) is 20.2. The highest BCUT2D eigenvalue weighted by atomic mass is 32.2. The number of imidazole rings is 1. The molecule has 0 radical (unpaired) electrons. The first-order valence-corrected chi connectivity index (χ1v) is 12.5. The van der Waals surface area contributed by atoms with Gasteiger partial charge in [0.05, 0.1) is 23.7 Å². The highest BCUT2D eigenvalue weighted by Crippen LogP contribution is 2.36. The molecule has 33 heavy (non-hydrogen) atoms. The van der Waals surface area contributed by atoms with Crippen LogP contribution in [-0.4, -0.2) is 65.1 Å². The minimum Gasteiger partial charge on any atom is -0.348 e. The van der Waals surface area contributed by atoms with E-state index in [0.717, 1.165) is 18.6 Å². The zero-order valence-electron chi connectivity index (χ0n) is 17.6. The van der Waals surface area contributed by atoms with Crippen LogP contribution in [0.1, 0.15) is 24.4 Å². The van der Waals surface area contributed by atoms with Gasteiger partial charge in [0.25, 0.3) is 0 Å². The number of nitrogens with one attached hydrogen (secondary N) is 1. The normalized spacial score (nSPS) is 20.4. The molecule has 0 saturated carbocycles. The highest BCUT2D eigenvalue weighted by molar-refractivity contribution is 7.91.